The molecule has 0 aliphatic carbocycles. The molecule has 0 spiro atoms. The van der Waals surface area contributed by atoms with Gasteiger partial charge in [0.25, 0.3) is 0 Å². The molecular weight excluding hydrogens is 355 g/mol. The molecule has 4 aromatic rings. The predicted molar refractivity (Wildman–Crippen MR) is 110 cm³/mol. The zero-order valence-corrected chi connectivity index (χ0v) is 15.6. The van der Waals surface area contributed by atoms with Crippen LogP contribution in [0.1, 0.15) is 19.8 Å². The van der Waals surface area contributed by atoms with Gasteiger partial charge >= 0.3 is 0 Å². The highest BCUT2D eigenvalue weighted by Crippen LogP contribution is 2.33. The summed E-state index contributed by atoms with van der Waals surface area (Å²) in [5.74, 6) is 1.66. The Labute approximate surface area is 161 Å². The molecule has 0 bridgehead atoms. The van der Waals surface area contributed by atoms with Crippen molar-refractivity contribution in [1.29, 1.82) is 0 Å². The second-order valence-corrected chi connectivity index (χ2v) is 7.61. The minimum atomic E-state index is -1.17. The van der Waals surface area contributed by atoms with Crippen LogP contribution in [0.5, 0.6) is 0 Å². The minimum Gasteiger partial charge on any atom is -0.353 e. The van der Waals surface area contributed by atoms with Gasteiger partial charge in [-0.3, -0.25) is 5.10 Å². The second-order valence-electron chi connectivity index (χ2n) is 7.61. The van der Waals surface area contributed by atoms with E-state index in [1.165, 1.54) is 0 Å². The Morgan fingerprint density at radius 1 is 1.14 bits per heavy atom. The monoisotopic (exact) mass is 376 g/mol. The molecule has 1 atom stereocenters. The van der Waals surface area contributed by atoms with Gasteiger partial charge in [0, 0.05) is 30.0 Å². The van der Waals surface area contributed by atoms with Crippen molar-refractivity contribution >= 4 is 39.1 Å². The van der Waals surface area contributed by atoms with Gasteiger partial charge in [-0.05, 0) is 61.5 Å². The van der Waals surface area contributed by atoms with Crippen LogP contribution in [0.3, 0.4) is 0 Å². The largest absolute Gasteiger partial charge is 0.353 e. The molecule has 4 heterocycles. The molecule has 5 rings (SSSR count). The average Bonchev–Trinajstić information content (AvgIpc) is 3.09. The zero-order valence-electron chi connectivity index (χ0n) is 15.6. The summed E-state index contributed by atoms with van der Waals surface area (Å²) in [6.07, 6.45) is 4.96. The van der Waals surface area contributed by atoms with E-state index in [2.05, 4.69) is 36.4 Å². The Morgan fingerprint density at radius 3 is 2.96 bits per heavy atom. The normalized spacial score (nSPS) is 20.0. The highest BCUT2D eigenvalue weighted by Gasteiger charge is 2.31. The van der Waals surface area contributed by atoms with Crippen molar-refractivity contribution in [3.05, 3.63) is 48.8 Å². The van der Waals surface area contributed by atoms with Gasteiger partial charge in [0.2, 0.25) is 0 Å². The van der Waals surface area contributed by atoms with Gasteiger partial charge in [-0.15, -0.1) is 0 Å². The highest BCUT2D eigenvalue weighted by atomic mass is 19.1. The number of fused-ring (bicyclic) bond motifs is 2. The number of benzene rings is 1. The van der Waals surface area contributed by atoms with Gasteiger partial charge in [0.15, 0.2) is 5.65 Å². The maximum Gasteiger partial charge on any atom is 0.183 e. The van der Waals surface area contributed by atoms with E-state index in [1.54, 1.807) is 19.3 Å². The SMILES string of the molecule is CC1(F)CCCN(c2nccc3cc(Nc4[nH]nc5ncccc45)ccc23)C1. The number of halogens is 1. The quantitative estimate of drug-likeness (QED) is 0.548. The first-order valence-electron chi connectivity index (χ1n) is 9.48. The van der Waals surface area contributed by atoms with Crippen LogP contribution in [-0.4, -0.2) is 38.9 Å². The van der Waals surface area contributed by atoms with Crippen molar-refractivity contribution in [2.75, 3.05) is 23.3 Å². The third-order valence-corrected chi connectivity index (χ3v) is 5.29. The molecule has 0 saturated carbocycles. The van der Waals surface area contributed by atoms with E-state index in [9.17, 15) is 4.39 Å². The fourth-order valence-electron chi connectivity index (χ4n) is 3.96. The summed E-state index contributed by atoms with van der Waals surface area (Å²) < 4.78 is 14.5. The molecule has 142 valence electrons. The first kappa shape index (κ1) is 16.9. The Kier molecular flexibility index (Phi) is 3.89. The van der Waals surface area contributed by atoms with Crippen LogP contribution in [0.2, 0.25) is 0 Å². The number of H-pyrrole nitrogens is 1. The summed E-state index contributed by atoms with van der Waals surface area (Å²) in [6, 6.07) is 12.0. The van der Waals surface area contributed by atoms with Crippen molar-refractivity contribution in [2.45, 2.75) is 25.4 Å². The van der Waals surface area contributed by atoms with Crippen molar-refractivity contribution in [2.24, 2.45) is 0 Å². The molecule has 1 fully saturated rings. The average molecular weight is 376 g/mol. The molecule has 1 unspecified atom stereocenters. The number of hydrogen-bond acceptors (Lipinski definition) is 5. The molecule has 1 aliphatic rings. The third kappa shape index (κ3) is 3.02. The van der Waals surface area contributed by atoms with Crippen LogP contribution in [0.4, 0.5) is 21.7 Å². The fourth-order valence-corrected chi connectivity index (χ4v) is 3.96. The number of aromatic nitrogens is 4. The summed E-state index contributed by atoms with van der Waals surface area (Å²) in [5.41, 5.74) is 0.448. The highest BCUT2D eigenvalue weighted by molar-refractivity contribution is 5.96. The van der Waals surface area contributed by atoms with Crippen LogP contribution in [-0.2, 0) is 0 Å². The maximum atomic E-state index is 14.5. The molecule has 28 heavy (non-hydrogen) atoms. The summed E-state index contributed by atoms with van der Waals surface area (Å²) in [7, 11) is 0. The van der Waals surface area contributed by atoms with Crippen molar-refractivity contribution in [3.8, 4) is 0 Å². The predicted octanol–water partition coefficient (Wildman–Crippen LogP) is 4.58. The van der Waals surface area contributed by atoms with Crippen molar-refractivity contribution in [1.82, 2.24) is 20.2 Å². The van der Waals surface area contributed by atoms with Crippen LogP contribution in [0.15, 0.2) is 48.8 Å². The van der Waals surface area contributed by atoms with Gasteiger partial charge in [0.1, 0.15) is 17.3 Å². The van der Waals surface area contributed by atoms with Crippen LogP contribution >= 0.6 is 0 Å². The Bertz CT molecular complexity index is 1150. The Hall–Kier alpha value is -3.22. The first-order chi connectivity index (χ1) is 13.6. The molecule has 7 heteroatoms. The number of piperidine rings is 1. The number of alkyl halides is 1. The molecule has 1 aliphatic heterocycles. The van der Waals surface area contributed by atoms with Gasteiger partial charge in [-0.1, -0.05) is 0 Å². The van der Waals surface area contributed by atoms with E-state index in [0.29, 0.717) is 18.6 Å². The molecule has 3 aromatic heterocycles. The molecule has 6 nitrogen and oxygen atoms in total. The molecular formula is C21H21FN6. The lowest BCUT2D eigenvalue weighted by atomic mass is 9.96. The van der Waals surface area contributed by atoms with Crippen molar-refractivity contribution < 1.29 is 4.39 Å². The van der Waals surface area contributed by atoms with E-state index >= 15 is 0 Å². The second kappa shape index (κ2) is 6.44. The van der Waals surface area contributed by atoms with Gasteiger partial charge in [0.05, 0.1) is 11.9 Å². The minimum absolute atomic E-state index is 0.381. The number of anilines is 3. The summed E-state index contributed by atoms with van der Waals surface area (Å²) in [6.45, 7) is 2.89. The van der Waals surface area contributed by atoms with E-state index in [4.69, 9.17) is 0 Å². The number of nitrogens with one attached hydrogen (secondary N) is 2. The fraction of sp³-hybridized carbons (Fsp3) is 0.286. The standard InChI is InChI=1S/C21H21FN6/c1-21(22)8-3-11-28(13-21)20-16-6-5-15(12-14(16)7-10-24-20)25-19-17-4-2-9-23-18(17)26-27-19/h2,4-7,9-10,12H,3,8,11,13H2,1H3,(H2,23,25,26,27). The van der Waals surface area contributed by atoms with Gasteiger partial charge in [-0.2, -0.15) is 5.10 Å². The summed E-state index contributed by atoms with van der Waals surface area (Å²) in [4.78, 5) is 10.9. The number of rotatable bonds is 3. The molecule has 2 N–H and O–H groups in total. The van der Waals surface area contributed by atoms with E-state index in [-0.39, 0.29) is 0 Å². The van der Waals surface area contributed by atoms with Gasteiger partial charge in [-0.25, -0.2) is 14.4 Å². The smallest absolute Gasteiger partial charge is 0.183 e. The summed E-state index contributed by atoms with van der Waals surface area (Å²) in [5, 5.41) is 13.6. The maximum absolute atomic E-state index is 14.5. The molecule has 1 saturated heterocycles. The van der Waals surface area contributed by atoms with Gasteiger partial charge < -0.3 is 10.2 Å². The van der Waals surface area contributed by atoms with E-state index < -0.39 is 5.67 Å². The molecule has 1 aromatic carbocycles. The topological polar surface area (TPSA) is 69.7 Å². The molecule has 0 amide bonds. The number of pyridine rings is 2. The molecule has 0 radical (unpaired) electrons. The van der Waals surface area contributed by atoms with Crippen molar-refractivity contribution in [3.63, 3.8) is 0 Å². The zero-order chi connectivity index (χ0) is 19.1. The Balaban J connectivity index is 1.48. The lowest BCUT2D eigenvalue weighted by molar-refractivity contribution is 0.160. The third-order valence-electron chi connectivity index (χ3n) is 5.29. The Morgan fingerprint density at radius 2 is 2.07 bits per heavy atom. The number of hydrogen-bond donors (Lipinski definition) is 2. The van der Waals surface area contributed by atoms with E-state index in [1.807, 2.05) is 30.3 Å². The van der Waals surface area contributed by atoms with Crippen LogP contribution in [0, 0.1) is 0 Å². The lowest BCUT2D eigenvalue weighted by Crippen LogP contribution is -2.43. The first-order valence-corrected chi connectivity index (χ1v) is 9.48. The van der Waals surface area contributed by atoms with Crippen LogP contribution in [0.25, 0.3) is 21.8 Å². The number of aromatic amines is 1. The van der Waals surface area contributed by atoms with Crippen LogP contribution < -0.4 is 10.2 Å². The lowest BCUT2D eigenvalue weighted by Gasteiger charge is -2.36. The number of nitrogens with zero attached hydrogens (tertiary/aromatic N) is 4. The van der Waals surface area contributed by atoms with E-state index in [0.717, 1.165) is 46.4 Å². The summed E-state index contributed by atoms with van der Waals surface area (Å²) >= 11 is 0.